The first kappa shape index (κ1) is 11.7. The van der Waals surface area contributed by atoms with Crippen molar-refractivity contribution < 1.29 is 4.79 Å². The quantitative estimate of drug-likeness (QED) is 0.402. The minimum atomic E-state index is 0.748. The van der Waals surface area contributed by atoms with Crippen LogP contribution in [0.4, 0.5) is 0 Å². The molecule has 0 aromatic rings. The van der Waals surface area contributed by atoms with Gasteiger partial charge in [-0.15, -0.1) is 0 Å². The Hall–Kier alpha value is -0.330. The molecule has 0 unspecified atom stereocenters. The third kappa shape index (κ3) is 7.77. The molecule has 0 aromatic carbocycles. The van der Waals surface area contributed by atoms with Gasteiger partial charge in [-0.25, -0.2) is 0 Å². The van der Waals surface area contributed by atoms with Crippen LogP contribution >= 0.6 is 0 Å². The Morgan fingerprint density at radius 2 is 1.83 bits per heavy atom. The zero-order valence-electron chi connectivity index (χ0n) is 8.51. The van der Waals surface area contributed by atoms with Crippen molar-refractivity contribution in [1.82, 2.24) is 0 Å². The molecule has 0 saturated heterocycles. The molecule has 0 N–H and O–H groups in total. The molecule has 1 nitrogen and oxygen atoms in total. The summed E-state index contributed by atoms with van der Waals surface area (Å²) in [6.45, 7) is 4.53. The molecule has 0 aromatic heterocycles. The maximum atomic E-state index is 10.0. The Bertz CT molecular complexity index is 99.2. The normalized spacial score (nSPS) is 12.8. The fourth-order valence-corrected chi connectivity index (χ4v) is 1.44. The monoisotopic (exact) mass is 170 g/mol. The lowest BCUT2D eigenvalue weighted by atomic mass is 9.98. The van der Waals surface area contributed by atoms with Gasteiger partial charge in [0, 0.05) is 6.42 Å². The summed E-state index contributed by atoms with van der Waals surface area (Å²) in [6.07, 6.45) is 9.45. The van der Waals surface area contributed by atoms with Gasteiger partial charge in [0.1, 0.15) is 6.29 Å². The van der Waals surface area contributed by atoms with Crippen molar-refractivity contribution in [1.29, 1.82) is 0 Å². The minimum absolute atomic E-state index is 0.748. The van der Waals surface area contributed by atoms with Gasteiger partial charge in [0.05, 0.1) is 0 Å². The molecule has 0 bridgehead atoms. The molecule has 0 amide bonds. The second-order valence-electron chi connectivity index (χ2n) is 3.70. The molecule has 72 valence electrons. The summed E-state index contributed by atoms with van der Waals surface area (Å²) in [5.74, 6) is 0.816. The highest BCUT2D eigenvalue weighted by molar-refractivity contribution is 5.48. The van der Waals surface area contributed by atoms with Crippen LogP contribution in [0.15, 0.2) is 0 Å². The van der Waals surface area contributed by atoms with Crippen molar-refractivity contribution in [3.05, 3.63) is 0 Å². The largest absolute Gasteiger partial charge is 0.303 e. The molecule has 0 aliphatic rings. The molecule has 0 aliphatic carbocycles. The molecular weight excluding hydrogens is 148 g/mol. The maximum absolute atomic E-state index is 10.0. The summed E-state index contributed by atoms with van der Waals surface area (Å²) in [5, 5.41) is 0. The van der Waals surface area contributed by atoms with Gasteiger partial charge in [0.25, 0.3) is 0 Å². The van der Waals surface area contributed by atoms with Crippen molar-refractivity contribution in [2.24, 2.45) is 5.92 Å². The number of hydrogen-bond donors (Lipinski definition) is 0. The zero-order chi connectivity index (χ0) is 9.23. The van der Waals surface area contributed by atoms with Crippen LogP contribution in [-0.4, -0.2) is 6.29 Å². The molecule has 0 saturated carbocycles. The van der Waals surface area contributed by atoms with Crippen LogP contribution in [-0.2, 0) is 4.79 Å². The van der Waals surface area contributed by atoms with Gasteiger partial charge in [0.15, 0.2) is 0 Å². The third-order valence-electron chi connectivity index (χ3n) is 2.32. The van der Waals surface area contributed by atoms with E-state index in [1.807, 2.05) is 0 Å². The average Bonchev–Trinajstić information content (AvgIpc) is 2.06. The van der Waals surface area contributed by atoms with Crippen LogP contribution < -0.4 is 0 Å². The van der Waals surface area contributed by atoms with Crippen LogP contribution in [0.3, 0.4) is 0 Å². The van der Waals surface area contributed by atoms with Crippen LogP contribution in [0.1, 0.15) is 58.8 Å². The van der Waals surface area contributed by atoms with Gasteiger partial charge in [-0.1, -0.05) is 46.0 Å². The van der Waals surface area contributed by atoms with E-state index < -0.39 is 0 Å². The van der Waals surface area contributed by atoms with Crippen LogP contribution in [0.25, 0.3) is 0 Å². The van der Waals surface area contributed by atoms with E-state index in [1.165, 1.54) is 32.1 Å². The van der Waals surface area contributed by atoms with E-state index in [0.29, 0.717) is 0 Å². The van der Waals surface area contributed by atoms with Gasteiger partial charge in [-0.3, -0.25) is 0 Å². The van der Waals surface area contributed by atoms with Gasteiger partial charge in [0.2, 0.25) is 0 Å². The second-order valence-corrected chi connectivity index (χ2v) is 3.70. The van der Waals surface area contributed by atoms with Crippen molar-refractivity contribution in [3.8, 4) is 0 Å². The van der Waals surface area contributed by atoms with Crippen molar-refractivity contribution in [3.63, 3.8) is 0 Å². The first-order valence-electron chi connectivity index (χ1n) is 5.24. The molecular formula is C11H22O. The van der Waals surface area contributed by atoms with Crippen LogP contribution in [0.5, 0.6) is 0 Å². The van der Waals surface area contributed by atoms with E-state index in [9.17, 15) is 4.79 Å². The number of aldehydes is 1. The van der Waals surface area contributed by atoms with Crippen LogP contribution in [0.2, 0.25) is 0 Å². The van der Waals surface area contributed by atoms with E-state index in [4.69, 9.17) is 0 Å². The number of unbranched alkanes of at least 4 members (excludes halogenated alkanes) is 3. The highest BCUT2D eigenvalue weighted by atomic mass is 16.1. The lowest BCUT2D eigenvalue weighted by Crippen LogP contribution is -1.94. The zero-order valence-corrected chi connectivity index (χ0v) is 8.51. The standard InChI is InChI=1S/C11H22O/c1-3-4-5-8-11(2)9-6-7-10-12/h10-11H,3-9H2,1-2H3/t11-/m0/s1. The Morgan fingerprint density at radius 3 is 2.42 bits per heavy atom. The van der Waals surface area contributed by atoms with Gasteiger partial charge >= 0.3 is 0 Å². The molecule has 0 aliphatic heterocycles. The smallest absolute Gasteiger partial charge is 0.119 e. The first-order chi connectivity index (χ1) is 5.81. The van der Waals surface area contributed by atoms with Gasteiger partial charge in [-0.05, 0) is 12.3 Å². The van der Waals surface area contributed by atoms with Crippen molar-refractivity contribution in [2.45, 2.75) is 58.8 Å². The first-order valence-corrected chi connectivity index (χ1v) is 5.24. The molecule has 0 rings (SSSR count). The summed E-state index contributed by atoms with van der Waals surface area (Å²) < 4.78 is 0. The molecule has 1 heteroatoms. The molecule has 0 heterocycles. The Labute approximate surface area is 76.6 Å². The topological polar surface area (TPSA) is 17.1 Å². The van der Waals surface area contributed by atoms with Crippen molar-refractivity contribution >= 4 is 6.29 Å². The predicted octanol–water partition coefficient (Wildman–Crippen LogP) is 3.57. The van der Waals surface area contributed by atoms with E-state index in [-0.39, 0.29) is 0 Å². The Balaban J connectivity index is 3.09. The number of rotatable bonds is 8. The fourth-order valence-electron chi connectivity index (χ4n) is 1.44. The third-order valence-corrected chi connectivity index (χ3v) is 2.32. The Kier molecular flexibility index (Phi) is 8.52. The average molecular weight is 170 g/mol. The van der Waals surface area contributed by atoms with Gasteiger partial charge in [-0.2, -0.15) is 0 Å². The fraction of sp³-hybridized carbons (Fsp3) is 0.909. The second kappa shape index (κ2) is 8.76. The van der Waals surface area contributed by atoms with E-state index in [1.54, 1.807) is 0 Å². The maximum Gasteiger partial charge on any atom is 0.119 e. The number of carbonyl (C=O) groups is 1. The summed E-state index contributed by atoms with van der Waals surface area (Å²) >= 11 is 0. The summed E-state index contributed by atoms with van der Waals surface area (Å²) in [6, 6.07) is 0. The summed E-state index contributed by atoms with van der Waals surface area (Å²) in [5.41, 5.74) is 0. The predicted molar refractivity (Wildman–Crippen MR) is 53.2 cm³/mol. The highest BCUT2D eigenvalue weighted by Crippen LogP contribution is 2.15. The van der Waals surface area contributed by atoms with E-state index >= 15 is 0 Å². The summed E-state index contributed by atoms with van der Waals surface area (Å²) in [4.78, 5) is 10.0. The molecule has 1 atom stereocenters. The molecule has 0 spiro atoms. The van der Waals surface area contributed by atoms with E-state index in [0.717, 1.165) is 25.0 Å². The van der Waals surface area contributed by atoms with Gasteiger partial charge < -0.3 is 4.79 Å². The minimum Gasteiger partial charge on any atom is -0.303 e. The molecule has 12 heavy (non-hydrogen) atoms. The molecule has 0 fully saturated rings. The SMILES string of the molecule is CCCCC[C@H](C)CCCC=O. The summed E-state index contributed by atoms with van der Waals surface area (Å²) in [7, 11) is 0. The molecule has 0 radical (unpaired) electrons. The number of hydrogen-bond acceptors (Lipinski definition) is 1. The van der Waals surface area contributed by atoms with E-state index in [2.05, 4.69) is 13.8 Å². The Morgan fingerprint density at radius 1 is 1.17 bits per heavy atom. The van der Waals surface area contributed by atoms with Crippen LogP contribution in [0, 0.1) is 5.92 Å². The highest BCUT2D eigenvalue weighted by Gasteiger charge is 2.00. The lowest BCUT2D eigenvalue weighted by molar-refractivity contribution is -0.107. The number of carbonyl (C=O) groups excluding carboxylic acids is 1. The van der Waals surface area contributed by atoms with Crippen molar-refractivity contribution in [2.75, 3.05) is 0 Å². The lowest BCUT2D eigenvalue weighted by Gasteiger charge is -2.08.